The Balaban J connectivity index is 0.00000241. The normalized spacial score (nSPS) is 15.9. The molecule has 2 aliphatic rings. The average Bonchev–Trinajstić information content (AvgIpc) is 3.54. The van der Waals surface area contributed by atoms with E-state index in [0.717, 1.165) is 36.2 Å². The van der Waals surface area contributed by atoms with Gasteiger partial charge in [0.15, 0.2) is 0 Å². The van der Waals surface area contributed by atoms with E-state index in [1.165, 1.54) is 24.8 Å². The number of hydrogen-bond donors (Lipinski definition) is 3. The number of furan rings is 1. The number of nitrogens with two attached hydrogens (primary N) is 1. The summed E-state index contributed by atoms with van der Waals surface area (Å²) in [5, 5.41) is 3.45. The van der Waals surface area contributed by atoms with Gasteiger partial charge in [-0.05, 0) is 67.9 Å². The zero-order chi connectivity index (χ0) is 22.5. The van der Waals surface area contributed by atoms with Crippen LogP contribution in [0.2, 0.25) is 0 Å². The van der Waals surface area contributed by atoms with Gasteiger partial charge in [-0.25, -0.2) is 0 Å². The van der Waals surface area contributed by atoms with Crippen molar-refractivity contribution < 1.29 is 14.0 Å². The smallest absolute Gasteiger partial charge is 0.261 e. The lowest BCUT2D eigenvalue weighted by molar-refractivity contribution is 0.0880. The SMILES string of the molecule is Cl.Nc1c(-c2ccco2)cc(-c2cc3cc(CN4CCCCC4)ccc3[nH]2)c2c1C(=O)NC2=O. The molecule has 8 heteroatoms. The Hall–Kier alpha value is -3.55. The highest BCUT2D eigenvalue weighted by Crippen LogP contribution is 2.40. The van der Waals surface area contributed by atoms with E-state index in [-0.39, 0.29) is 23.7 Å². The fourth-order valence-electron chi connectivity index (χ4n) is 5.05. The standard InChI is InChI=1S/C26H24N4O3.ClH/c27-24-18(21-5-4-10-33-21)13-17(22-23(24)26(32)29-25(22)31)20-12-16-11-15(6-7-19(16)28-20)14-30-8-2-1-3-9-30;/h4-7,10-13,28H,1-3,8-9,14,27H2,(H,29,31,32);1H. The molecular formula is C26H25ClN4O3. The van der Waals surface area contributed by atoms with Crippen LogP contribution >= 0.6 is 12.4 Å². The van der Waals surface area contributed by atoms with E-state index in [2.05, 4.69) is 33.4 Å². The second-order valence-electron chi connectivity index (χ2n) is 8.84. The maximum absolute atomic E-state index is 12.7. The molecule has 0 saturated carbocycles. The number of rotatable bonds is 4. The van der Waals surface area contributed by atoms with Crippen molar-refractivity contribution in [1.82, 2.24) is 15.2 Å². The number of H-pyrrole nitrogens is 1. The van der Waals surface area contributed by atoms with Crippen molar-refractivity contribution in [3.8, 4) is 22.6 Å². The highest BCUT2D eigenvalue weighted by atomic mass is 35.5. The summed E-state index contributed by atoms with van der Waals surface area (Å²) in [6.07, 6.45) is 5.40. The van der Waals surface area contributed by atoms with Crippen molar-refractivity contribution in [2.24, 2.45) is 0 Å². The van der Waals surface area contributed by atoms with Gasteiger partial charge in [0.25, 0.3) is 11.8 Å². The number of nitrogens with zero attached hydrogens (tertiary/aromatic N) is 1. The fraction of sp³-hybridized carbons (Fsp3) is 0.231. The molecule has 0 spiro atoms. The van der Waals surface area contributed by atoms with Crippen LogP contribution in [0, 0.1) is 0 Å². The van der Waals surface area contributed by atoms with Crippen molar-refractivity contribution in [3.63, 3.8) is 0 Å². The molecule has 6 rings (SSSR count). The van der Waals surface area contributed by atoms with Gasteiger partial charge in [0, 0.05) is 34.3 Å². The first kappa shape index (κ1) is 22.3. The van der Waals surface area contributed by atoms with Crippen molar-refractivity contribution in [1.29, 1.82) is 0 Å². The van der Waals surface area contributed by atoms with Gasteiger partial charge in [-0.15, -0.1) is 12.4 Å². The Labute approximate surface area is 202 Å². The van der Waals surface area contributed by atoms with Crippen LogP contribution in [-0.4, -0.2) is 34.8 Å². The number of nitrogens with one attached hydrogen (secondary N) is 2. The van der Waals surface area contributed by atoms with E-state index in [1.54, 1.807) is 18.4 Å². The summed E-state index contributed by atoms with van der Waals surface area (Å²) in [7, 11) is 0. The first-order valence-electron chi connectivity index (χ1n) is 11.3. The molecule has 0 radical (unpaired) electrons. The molecule has 2 amide bonds. The Morgan fingerprint density at radius 2 is 1.74 bits per heavy atom. The summed E-state index contributed by atoms with van der Waals surface area (Å²) in [5.74, 6) is -0.377. The number of fused-ring (bicyclic) bond motifs is 2. The highest BCUT2D eigenvalue weighted by Gasteiger charge is 2.34. The molecular weight excluding hydrogens is 452 g/mol. The fourth-order valence-corrected chi connectivity index (χ4v) is 5.05. The summed E-state index contributed by atoms with van der Waals surface area (Å²) >= 11 is 0. The molecule has 0 atom stereocenters. The molecule has 2 aliphatic heterocycles. The maximum Gasteiger partial charge on any atom is 0.261 e. The van der Waals surface area contributed by atoms with Gasteiger partial charge < -0.3 is 15.1 Å². The number of imide groups is 1. The van der Waals surface area contributed by atoms with Crippen molar-refractivity contribution in [2.45, 2.75) is 25.8 Å². The molecule has 1 fully saturated rings. The minimum Gasteiger partial charge on any atom is -0.464 e. The van der Waals surface area contributed by atoms with Crippen molar-refractivity contribution in [2.75, 3.05) is 18.8 Å². The molecule has 2 aromatic carbocycles. The van der Waals surface area contributed by atoms with E-state index in [1.807, 2.05) is 12.1 Å². The Kier molecular flexibility index (Phi) is 5.67. The topological polar surface area (TPSA) is 104 Å². The lowest BCUT2D eigenvalue weighted by Crippen LogP contribution is -2.28. The van der Waals surface area contributed by atoms with Crippen molar-refractivity contribution in [3.05, 3.63) is 65.4 Å². The zero-order valence-corrected chi connectivity index (χ0v) is 19.3. The molecule has 7 nitrogen and oxygen atoms in total. The number of amides is 2. The van der Waals surface area contributed by atoms with Crippen LogP contribution < -0.4 is 11.1 Å². The number of aromatic amines is 1. The van der Waals surface area contributed by atoms with Gasteiger partial charge in [0.1, 0.15) is 5.76 Å². The number of benzene rings is 2. The predicted molar refractivity (Wildman–Crippen MR) is 134 cm³/mol. The average molecular weight is 477 g/mol. The third-order valence-electron chi connectivity index (χ3n) is 6.67. The van der Waals surface area contributed by atoms with Crippen LogP contribution in [0.1, 0.15) is 45.5 Å². The first-order chi connectivity index (χ1) is 16.1. The number of piperidine rings is 1. The van der Waals surface area contributed by atoms with E-state index >= 15 is 0 Å². The van der Waals surface area contributed by atoms with Gasteiger partial charge >= 0.3 is 0 Å². The van der Waals surface area contributed by atoms with Crippen molar-refractivity contribution >= 4 is 40.8 Å². The summed E-state index contributed by atoms with van der Waals surface area (Å²) in [5.41, 5.74) is 11.3. The summed E-state index contributed by atoms with van der Waals surface area (Å²) < 4.78 is 5.55. The third kappa shape index (κ3) is 3.67. The van der Waals surface area contributed by atoms with E-state index in [0.29, 0.717) is 22.5 Å². The number of carbonyl (C=O) groups excluding carboxylic acids is 2. The first-order valence-corrected chi connectivity index (χ1v) is 11.3. The number of hydrogen-bond acceptors (Lipinski definition) is 5. The molecule has 0 aliphatic carbocycles. The molecule has 0 unspecified atom stereocenters. The Bertz CT molecular complexity index is 1400. The second kappa shape index (κ2) is 8.66. The molecule has 4 heterocycles. The number of nitrogen functional groups attached to an aromatic ring is 1. The van der Waals surface area contributed by atoms with Gasteiger partial charge in [0.05, 0.1) is 23.1 Å². The molecule has 174 valence electrons. The molecule has 1 saturated heterocycles. The molecule has 4 N–H and O–H groups in total. The van der Waals surface area contributed by atoms with Crippen LogP contribution in [0.4, 0.5) is 5.69 Å². The zero-order valence-electron chi connectivity index (χ0n) is 18.5. The number of likely N-dealkylation sites (tertiary alicyclic amines) is 1. The Morgan fingerprint density at radius 3 is 2.50 bits per heavy atom. The Morgan fingerprint density at radius 1 is 0.941 bits per heavy atom. The van der Waals surface area contributed by atoms with E-state index in [9.17, 15) is 9.59 Å². The van der Waals surface area contributed by atoms with E-state index in [4.69, 9.17) is 10.2 Å². The number of carbonyl (C=O) groups is 2. The van der Waals surface area contributed by atoms with Gasteiger partial charge in [-0.2, -0.15) is 0 Å². The maximum atomic E-state index is 12.7. The second-order valence-corrected chi connectivity index (χ2v) is 8.84. The molecule has 4 aromatic rings. The lowest BCUT2D eigenvalue weighted by atomic mass is 9.93. The van der Waals surface area contributed by atoms with Gasteiger partial charge in [0.2, 0.25) is 0 Å². The number of aromatic nitrogens is 1. The lowest BCUT2D eigenvalue weighted by Gasteiger charge is -2.26. The van der Waals surface area contributed by atoms with Crippen LogP contribution in [-0.2, 0) is 6.54 Å². The molecule has 0 bridgehead atoms. The van der Waals surface area contributed by atoms with Crippen LogP contribution in [0.3, 0.4) is 0 Å². The highest BCUT2D eigenvalue weighted by molar-refractivity contribution is 6.27. The van der Waals surface area contributed by atoms with Crippen LogP contribution in [0.25, 0.3) is 33.5 Å². The van der Waals surface area contributed by atoms with Gasteiger partial charge in [-0.1, -0.05) is 12.5 Å². The monoisotopic (exact) mass is 476 g/mol. The third-order valence-corrected chi connectivity index (χ3v) is 6.67. The minimum atomic E-state index is -0.484. The quantitative estimate of drug-likeness (QED) is 0.285. The van der Waals surface area contributed by atoms with E-state index < -0.39 is 11.8 Å². The van der Waals surface area contributed by atoms with Crippen LogP contribution in [0.15, 0.2) is 53.1 Å². The van der Waals surface area contributed by atoms with Crippen LogP contribution in [0.5, 0.6) is 0 Å². The largest absolute Gasteiger partial charge is 0.464 e. The summed E-state index contributed by atoms with van der Waals surface area (Å²) in [6, 6.07) is 13.8. The summed E-state index contributed by atoms with van der Waals surface area (Å²) in [4.78, 5) is 31.2. The number of halogens is 1. The summed E-state index contributed by atoms with van der Waals surface area (Å²) in [6.45, 7) is 3.23. The van der Waals surface area contributed by atoms with Gasteiger partial charge in [-0.3, -0.25) is 19.8 Å². The predicted octanol–water partition coefficient (Wildman–Crippen LogP) is 4.97. The molecule has 2 aromatic heterocycles. The number of anilines is 1. The molecule has 34 heavy (non-hydrogen) atoms. The minimum absolute atomic E-state index is 0.